The number of aldehydes is 1. The molecule has 236 valence electrons. The summed E-state index contributed by atoms with van der Waals surface area (Å²) in [6, 6.07) is 18.3. The first-order valence-electron chi connectivity index (χ1n) is 15.2. The molecule has 0 heterocycles. The Bertz CT molecular complexity index is 1530. The molecule has 0 aromatic heterocycles. The van der Waals surface area contributed by atoms with E-state index in [1.807, 2.05) is 80.6 Å². The van der Waals surface area contributed by atoms with Crippen LogP contribution in [-0.2, 0) is 28.6 Å². The standard InChI is InChI=1S/C34H37F3O6S/c1-21(2)28-16-25-17-31(19-38)27-15-14-22(3)26(27)18-32(25,20-42-44(40,41)34(35,36)37)33(28,31)30(39)43-29(23-10-6-4-7-11-23)24-12-8-5-9-13-24/h4-13,16,19,21-22,25-27,29H,14-15,17-18,20H2,1-3H3/t22-,25+,26-,27-,31+,32+,33+/m1/s1. The zero-order chi connectivity index (χ0) is 31.7. The summed E-state index contributed by atoms with van der Waals surface area (Å²) in [5.41, 5.74) is -8.02. The van der Waals surface area contributed by atoms with Crippen LogP contribution in [0.1, 0.15) is 63.7 Å². The van der Waals surface area contributed by atoms with E-state index in [-0.39, 0.29) is 36.5 Å². The average Bonchev–Trinajstić information content (AvgIpc) is 3.56. The lowest BCUT2D eigenvalue weighted by Crippen LogP contribution is -2.64. The lowest BCUT2D eigenvalue weighted by atomic mass is 9.43. The molecule has 0 aliphatic heterocycles. The van der Waals surface area contributed by atoms with E-state index in [9.17, 15) is 26.4 Å². The molecular formula is C34H37F3O6S. The first kappa shape index (κ1) is 31.0. The van der Waals surface area contributed by atoms with Gasteiger partial charge in [0, 0.05) is 5.41 Å². The Hall–Kier alpha value is -2.98. The van der Waals surface area contributed by atoms with Crippen LogP contribution in [0, 0.1) is 45.8 Å². The number of allylic oxidation sites excluding steroid dienone is 1. The first-order valence-corrected chi connectivity index (χ1v) is 16.6. The minimum absolute atomic E-state index is 0.0812. The molecule has 3 saturated carbocycles. The van der Waals surface area contributed by atoms with Crippen LogP contribution in [0.3, 0.4) is 0 Å². The highest BCUT2D eigenvalue weighted by atomic mass is 32.2. The van der Waals surface area contributed by atoms with Gasteiger partial charge in [0.25, 0.3) is 0 Å². The van der Waals surface area contributed by atoms with Gasteiger partial charge in [-0.1, -0.05) is 99.5 Å². The number of fused-ring (bicyclic) bond motifs is 2. The van der Waals surface area contributed by atoms with Crippen molar-refractivity contribution in [2.24, 2.45) is 45.8 Å². The Morgan fingerprint density at radius 3 is 2.11 bits per heavy atom. The summed E-state index contributed by atoms with van der Waals surface area (Å²) in [5.74, 6) is -1.66. The highest BCUT2D eigenvalue weighted by molar-refractivity contribution is 7.87. The lowest BCUT2D eigenvalue weighted by molar-refractivity contribution is -0.192. The van der Waals surface area contributed by atoms with Crippen molar-refractivity contribution in [3.63, 3.8) is 0 Å². The molecule has 0 radical (unpaired) electrons. The van der Waals surface area contributed by atoms with Gasteiger partial charge in [0.1, 0.15) is 11.7 Å². The van der Waals surface area contributed by atoms with Crippen molar-refractivity contribution in [2.75, 3.05) is 6.61 Å². The predicted molar refractivity (Wildman–Crippen MR) is 156 cm³/mol. The molecule has 44 heavy (non-hydrogen) atoms. The molecule has 0 saturated heterocycles. The molecule has 4 aliphatic rings. The highest BCUT2D eigenvalue weighted by Gasteiger charge is 2.85. The van der Waals surface area contributed by atoms with E-state index in [2.05, 4.69) is 6.92 Å². The fourth-order valence-electron chi connectivity index (χ4n) is 9.64. The van der Waals surface area contributed by atoms with Crippen LogP contribution in [0.25, 0.3) is 0 Å². The zero-order valence-electron chi connectivity index (χ0n) is 24.9. The fraction of sp³-hybridized carbons (Fsp3) is 0.529. The Morgan fingerprint density at radius 2 is 1.59 bits per heavy atom. The van der Waals surface area contributed by atoms with Gasteiger partial charge >= 0.3 is 21.6 Å². The van der Waals surface area contributed by atoms with Crippen molar-refractivity contribution in [1.29, 1.82) is 0 Å². The summed E-state index contributed by atoms with van der Waals surface area (Å²) in [5, 5.41) is 0. The number of carbonyl (C=O) groups is 2. The van der Waals surface area contributed by atoms with Crippen LogP contribution in [0.4, 0.5) is 13.2 Å². The van der Waals surface area contributed by atoms with Gasteiger partial charge in [0.15, 0.2) is 6.10 Å². The van der Waals surface area contributed by atoms with Crippen molar-refractivity contribution in [3.8, 4) is 0 Å². The molecule has 7 atom stereocenters. The Morgan fingerprint density at radius 1 is 1.00 bits per heavy atom. The minimum atomic E-state index is -5.97. The van der Waals surface area contributed by atoms with Crippen LogP contribution < -0.4 is 0 Å². The number of ether oxygens (including phenoxy) is 1. The maximum Gasteiger partial charge on any atom is 0.523 e. The van der Waals surface area contributed by atoms with Gasteiger partial charge in [-0.05, 0) is 60.0 Å². The molecule has 4 aliphatic carbocycles. The monoisotopic (exact) mass is 630 g/mol. The summed E-state index contributed by atoms with van der Waals surface area (Å²) in [7, 11) is -5.97. The van der Waals surface area contributed by atoms with Crippen molar-refractivity contribution in [3.05, 3.63) is 83.4 Å². The highest BCUT2D eigenvalue weighted by Crippen LogP contribution is 2.83. The van der Waals surface area contributed by atoms with Crippen molar-refractivity contribution in [1.82, 2.24) is 0 Å². The summed E-state index contributed by atoms with van der Waals surface area (Å²) in [6.07, 6.45) is 3.87. The zero-order valence-corrected chi connectivity index (χ0v) is 25.7. The minimum Gasteiger partial charge on any atom is -0.452 e. The topological polar surface area (TPSA) is 86.7 Å². The molecule has 6 rings (SSSR count). The second kappa shape index (κ2) is 10.5. The van der Waals surface area contributed by atoms with Gasteiger partial charge in [-0.15, -0.1) is 0 Å². The Balaban J connectivity index is 1.55. The van der Waals surface area contributed by atoms with E-state index in [1.54, 1.807) is 0 Å². The largest absolute Gasteiger partial charge is 0.523 e. The Labute approximate surface area is 256 Å². The third-order valence-corrected chi connectivity index (χ3v) is 12.3. The second-order valence-electron chi connectivity index (χ2n) is 13.4. The smallest absolute Gasteiger partial charge is 0.452 e. The van der Waals surface area contributed by atoms with Crippen molar-refractivity contribution < 1.29 is 40.1 Å². The maximum atomic E-state index is 15.2. The van der Waals surface area contributed by atoms with Gasteiger partial charge in [0.05, 0.1) is 12.0 Å². The number of rotatable bonds is 9. The summed E-state index contributed by atoms with van der Waals surface area (Å²) >= 11 is 0. The van der Waals surface area contributed by atoms with Gasteiger partial charge < -0.3 is 9.53 Å². The Kier molecular flexibility index (Phi) is 7.43. The molecular weight excluding hydrogens is 593 g/mol. The molecule has 2 aromatic carbocycles. The van der Waals surface area contributed by atoms with E-state index < -0.39 is 56.5 Å². The predicted octanol–water partition coefficient (Wildman–Crippen LogP) is 7.03. The van der Waals surface area contributed by atoms with Crippen LogP contribution in [0.5, 0.6) is 0 Å². The molecule has 10 heteroatoms. The summed E-state index contributed by atoms with van der Waals surface area (Å²) < 4.78 is 76.8. The molecule has 0 amide bonds. The fourth-order valence-corrected chi connectivity index (χ4v) is 10.1. The molecule has 4 bridgehead atoms. The number of alkyl halides is 3. The summed E-state index contributed by atoms with van der Waals surface area (Å²) in [4.78, 5) is 28.8. The van der Waals surface area contributed by atoms with Crippen LogP contribution in [0.15, 0.2) is 72.3 Å². The lowest BCUT2D eigenvalue weighted by Gasteiger charge is -2.59. The van der Waals surface area contributed by atoms with Gasteiger partial charge in [-0.2, -0.15) is 21.6 Å². The second-order valence-corrected chi connectivity index (χ2v) is 15.1. The van der Waals surface area contributed by atoms with Crippen LogP contribution >= 0.6 is 0 Å². The van der Waals surface area contributed by atoms with Gasteiger partial charge in [-0.25, -0.2) is 0 Å². The number of halogens is 3. The molecule has 0 unspecified atom stereocenters. The number of hydrogen-bond donors (Lipinski definition) is 0. The van der Waals surface area contributed by atoms with Crippen molar-refractivity contribution >= 4 is 22.4 Å². The quantitative estimate of drug-likeness (QED) is 0.0973. The molecule has 0 spiro atoms. The maximum absolute atomic E-state index is 15.2. The number of carbonyl (C=O) groups excluding carboxylic acids is 2. The van der Waals surface area contributed by atoms with Crippen LogP contribution in [0.2, 0.25) is 0 Å². The van der Waals surface area contributed by atoms with Gasteiger partial charge in [0.2, 0.25) is 0 Å². The summed E-state index contributed by atoms with van der Waals surface area (Å²) in [6.45, 7) is 4.96. The third-order valence-electron chi connectivity index (χ3n) is 11.3. The van der Waals surface area contributed by atoms with E-state index in [0.717, 1.165) is 12.7 Å². The first-order chi connectivity index (χ1) is 20.8. The van der Waals surface area contributed by atoms with E-state index >= 15 is 4.79 Å². The normalized spacial score (nSPS) is 34.2. The molecule has 0 N–H and O–H groups in total. The van der Waals surface area contributed by atoms with E-state index in [1.165, 1.54) is 0 Å². The van der Waals surface area contributed by atoms with Crippen LogP contribution in [-0.4, -0.2) is 32.8 Å². The van der Waals surface area contributed by atoms with Crippen molar-refractivity contribution in [2.45, 2.75) is 58.1 Å². The molecule has 3 fully saturated rings. The van der Waals surface area contributed by atoms with Gasteiger partial charge in [-0.3, -0.25) is 8.98 Å². The third kappa shape index (κ3) is 4.12. The van der Waals surface area contributed by atoms with E-state index in [0.29, 0.717) is 23.1 Å². The molecule has 2 aromatic rings. The number of benzene rings is 2. The number of esters is 1. The van der Waals surface area contributed by atoms with E-state index in [4.69, 9.17) is 8.92 Å². The average molecular weight is 631 g/mol. The number of hydrogen-bond acceptors (Lipinski definition) is 6. The SMILES string of the molecule is CC(C)C1=C[C@H]2C[C@]3(C=O)[C@@H]4CC[C@@H](C)[C@H]4C[C@@]2(COS(=O)(=O)C(F)(F)F)[C@]13C(=O)OC(c1ccccc1)c1ccccc1. The molecule has 6 nitrogen and oxygen atoms in total.